The van der Waals surface area contributed by atoms with Crippen molar-refractivity contribution in [3.8, 4) is 0 Å². The third-order valence-electron chi connectivity index (χ3n) is 3.07. The van der Waals surface area contributed by atoms with Crippen molar-refractivity contribution in [2.45, 2.75) is 70.6 Å². The molecule has 0 saturated carbocycles. The Morgan fingerprint density at radius 2 is 0.667 bits per heavy atom. The van der Waals surface area contributed by atoms with Gasteiger partial charge in [0, 0.05) is 0 Å². The van der Waals surface area contributed by atoms with Crippen molar-refractivity contribution in [1.29, 1.82) is 0 Å². The second-order valence-electron chi connectivity index (χ2n) is 4.57. The molecule has 0 nitrogen and oxygen atoms in total. The average Bonchev–Trinajstić information content (AvgIpc) is 2.27. The van der Waals surface area contributed by atoms with Crippen LogP contribution in [0.15, 0.2) is 24.3 Å². The van der Waals surface area contributed by atoms with Gasteiger partial charge >= 0.3 is 0 Å². The predicted octanol–water partition coefficient (Wildman–Crippen LogP) is 5.40. The fourth-order valence-corrected chi connectivity index (χ4v) is 2.07. The number of rotatable bonds is 0. The van der Waals surface area contributed by atoms with E-state index in [-0.39, 0.29) is 0 Å². The molecule has 0 aromatic heterocycles. The molecule has 0 atom stereocenters. The Hall–Kier alpha value is -0.520. The van der Waals surface area contributed by atoms with Crippen LogP contribution in [-0.4, -0.2) is 0 Å². The molecule has 0 radical (unpaired) electrons. The first kappa shape index (κ1) is 12.5. The lowest BCUT2D eigenvalue weighted by molar-refractivity contribution is 0.583. The first-order valence-electron chi connectivity index (χ1n) is 6.80. The van der Waals surface area contributed by atoms with Crippen LogP contribution in [0, 0.1) is 0 Å². The SMILES string of the molecule is C1=CCCCCCCCCCC=CCC1. The van der Waals surface area contributed by atoms with Crippen molar-refractivity contribution >= 4 is 0 Å². The van der Waals surface area contributed by atoms with Crippen molar-refractivity contribution in [2.75, 3.05) is 0 Å². The monoisotopic (exact) mass is 206 g/mol. The summed E-state index contributed by atoms with van der Waals surface area (Å²) in [5.41, 5.74) is 0. The molecule has 0 amide bonds. The van der Waals surface area contributed by atoms with E-state index in [4.69, 9.17) is 0 Å². The summed E-state index contributed by atoms with van der Waals surface area (Å²) in [6.07, 6.45) is 24.5. The molecule has 0 unspecified atom stereocenters. The van der Waals surface area contributed by atoms with Crippen molar-refractivity contribution in [3.63, 3.8) is 0 Å². The minimum atomic E-state index is 1.23. The van der Waals surface area contributed by atoms with Gasteiger partial charge < -0.3 is 0 Å². The van der Waals surface area contributed by atoms with Gasteiger partial charge in [0.25, 0.3) is 0 Å². The quantitative estimate of drug-likeness (QED) is 0.465. The molecule has 1 rings (SSSR count). The molecule has 0 heteroatoms. The number of allylic oxidation sites excluding steroid dienone is 4. The van der Waals surface area contributed by atoms with Crippen LogP contribution in [0.25, 0.3) is 0 Å². The first-order valence-corrected chi connectivity index (χ1v) is 6.80. The predicted molar refractivity (Wildman–Crippen MR) is 69.1 cm³/mol. The van der Waals surface area contributed by atoms with E-state index in [9.17, 15) is 0 Å². The van der Waals surface area contributed by atoms with E-state index in [0.29, 0.717) is 0 Å². The zero-order chi connectivity index (χ0) is 10.6. The van der Waals surface area contributed by atoms with Gasteiger partial charge in [-0.25, -0.2) is 0 Å². The first-order chi connectivity index (χ1) is 7.50. The van der Waals surface area contributed by atoms with E-state index < -0.39 is 0 Å². The van der Waals surface area contributed by atoms with Gasteiger partial charge in [0.15, 0.2) is 0 Å². The summed E-state index contributed by atoms with van der Waals surface area (Å²) in [5, 5.41) is 0. The molecule has 86 valence electrons. The maximum Gasteiger partial charge on any atom is -0.0316 e. The molecule has 0 saturated heterocycles. The van der Waals surface area contributed by atoms with E-state index in [1.807, 2.05) is 0 Å². The average molecular weight is 206 g/mol. The smallest absolute Gasteiger partial charge is 0.0316 e. The lowest BCUT2D eigenvalue weighted by atomic mass is 10.1. The normalized spacial score (nSPS) is 21.9. The maximum absolute atomic E-state index is 2.37. The topological polar surface area (TPSA) is 0 Å². The van der Waals surface area contributed by atoms with Gasteiger partial charge in [0.05, 0.1) is 0 Å². The molecule has 0 aromatic carbocycles. The molecule has 0 N–H and O–H groups in total. The van der Waals surface area contributed by atoms with Crippen LogP contribution >= 0.6 is 0 Å². The van der Waals surface area contributed by atoms with Crippen LogP contribution < -0.4 is 0 Å². The van der Waals surface area contributed by atoms with E-state index in [2.05, 4.69) is 24.3 Å². The molecule has 1 aliphatic carbocycles. The Morgan fingerprint density at radius 1 is 0.333 bits per heavy atom. The highest BCUT2D eigenvalue weighted by atomic mass is 14.0. The second kappa shape index (κ2) is 10.0. The van der Waals surface area contributed by atoms with Crippen LogP contribution in [0.5, 0.6) is 0 Å². The fraction of sp³-hybridized carbons (Fsp3) is 0.733. The van der Waals surface area contributed by atoms with Gasteiger partial charge in [-0.3, -0.25) is 0 Å². The third kappa shape index (κ3) is 8.47. The van der Waals surface area contributed by atoms with Gasteiger partial charge in [-0.2, -0.15) is 0 Å². The van der Waals surface area contributed by atoms with Crippen molar-refractivity contribution in [3.05, 3.63) is 24.3 Å². The van der Waals surface area contributed by atoms with Gasteiger partial charge in [0.1, 0.15) is 0 Å². The molecular weight excluding hydrogens is 180 g/mol. The van der Waals surface area contributed by atoms with Crippen LogP contribution in [0.3, 0.4) is 0 Å². The standard InChI is InChI=1S/C15H26/c1-2-4-6-8-10-12-14-15-13-11-9-7-5-3-1/h1-2,7,9H,3-6,8,10-15H2. The Balaban J connectivity index is 2.15. The largest absolute Gasteiger partial charge is 0.0885 e. The van der Waals surface area contributed by atoms with Crippen LogP contribution in [0.1, 0.15) is 70.6 Å². The Bertz CT molecular complexity index is 156. The lowest BCUT2D eigenvalue weighted by Gasteiger charge is -1.99. The Kier molecular flexibility index (Phi) is 8.38. The van der Waals surface area contributed by atoms with E-state index in [0.717, 1.165) is 0 Å². The van der Waals surface area contributed by atoms with Crippen LogP contribution in [-0.2, 0) is 0 Å². The van der Waals surface area contributed by atoms with E-state index in [1.54, 1.807) is 0 Å². The van der Waals surface area contributed by atoms with Gasteiger partial charge in [-0.05, 0) is 38.5 Å². The van der Waals surface area contributed by atoms with E-state index >= 15 is 0 Å². The summed E-state index contributed by atoms with van der Waals surface area (Å²) in [4.78, 5) is 0. The highest BCUT2D eigenvalue weighted by Gasteiger charge is 1.91. The van der Waals surface area contributed by atoms with Gasteiger partial charge in [0.2, 0.25) is 0 Å². The maximum atomic E-state index is 2.37. The van der Waals surface area contributed by atoms with E-state index in [1.165, 1.54) is 70.6 Å². The van der Waals surface area contributed by atoms with Crippen molar-refractivity contribution in [2.24, 2.45) is 0 Å². The summed E-state index contributed by atoms with van der Waals surface area (Å²) in [6.45, 7) is 0. The third-order valence-corrected chi connectivity index (χ3v) is 3.07. The summed E-state index contributed by atoms with van der Waals surface area (Å²) >= 11 is 0. The lowest BCUT2D eigenvalue weighted by Crippen LogP contribution is -1.80. The molecular formula is C15H26. The summed E-state index contributed by atoms with van der Waals surface area (Å²) < 4.78 is 0. The van der Waals surface area contributed by atoms with Crippen LogP contribution in [0.2, 0.25) is 0 Å². The minimum absolute atomic E-state index is 1.23. The van der Waals surface area contributed by atoms with Gasteiger partial charge in [-0.15, -0.1) is 0 Å². The van der Waals surface area contributed by atoms with Gasteiger partial charge in [-0.1, -0.05) is 56.4 Å². The zero-order valence-corrected chi connectivity index (χ0v) is 10.1. The van der Waals surface area contributed by atoms with Crippen LogP contribution in [0.4, 0.5) is 0 Å². The summed E-state index contributed by atoms with van der Waals surface area (Å²) in [7, 11) is 0. The van der Waals surface area contributed by atoms with Crippen molar-refractivity contribution < 1.29 is 0 Å². The summed E-state index contributed by atoms with van der Waals surface area (Å²) in [5.74, 6) is 0. The molecule has 0 aliphatic heterocycles. The molecule has 0 bridgehead atoms. The molecule has 0 fully saturated rings. The zero-order valence-electron chi connectivity index (χ0n) is 10.1. The molecule has 1 aliphatic rings. The number of hydrogen-bond acceptors (Lipinski definition) is 0. The Morgan fingerprint density at radius 3 is 1.13 bits per heavy atom. The summed E-state index contributed by atoms with van der Waals surface area (Å²) in [6, 6.07) is 0. The Labute approximate surface area is 95.5 Å². The van der Waals surface area contributed by atoms with Crippen molar-refractivity contribution in [1.82, 2.24) is 0 Å². The minimum Gasteiger partial charge on any atom is -0.0885 e. The molecule has 0 aromatic rings. The fourth-order valence-electron chi connectivity index (χ4n) is 2.07. The highest BCUT2D eigenvalue weighted by Crippen LogP contribution is 2.11. The molecule has 0 heterocycles. The second-order valence-corrected chi connectivity index (χ2v) is 4.57. The molecule has 0 spiro atoms. The molecule has 15 heavy (non-hydrogen) atoms. The number of hydrogen-bond donors (Lipinski definition) is 0. The highest BCUT2D eigenvalue weighted by molar-refractivity contribution is 4.88.